The Morgan fingerprint density at radius 1 is 0.857 bits per heavy atom. The van der Waals surface area contributed by atoms with Gasteiger partial charge < -0.3 is 40.3 Å². The number of carbonyl (C=O) groups is 1. The highest BCUT2D eigenvalue weighted by Gasteiger charge is 2.46. The first kappa shape index (κ1) is 34.5. The minimum atomic E-state index is -1.49. The first-order chi connectivity index (χ1) is 23.6. The van der Waals surface area contributed by atoms with Gasteiger partial charge in [0.2, 0.25) is 0 Å². The lowest BCUT2D eigenvalue weighted by Crippen LogP contribution is -2.55. The number of likely N-dealkylation sites (N-methyl/N-ethyl adjacent to an activating group) is 1. The van der Waals surface area contributed by atoms with Crippen LogP contribution in [0.15, 0.2) is 97.1 Å². The van der Waals surface area contributed by atoms with E-state index in [1.165, 1.54) is 12.1 Å². The summed E-state index contributed by atoms with van der Waals surface area (Å²) in [4.78, 5) is 17.1. The van der Waals surface area contributed by atoms with E-state index in [1.807, 2.05) is 42.5 Å². The first-order valence-electron chi connectivity index (χ1n) is 16.4. The normalized spacial score (nSPS) is 26.3. The number of halogens is 1. The topological polar surface area (TPSA) is 154 Å². The van der Waals surface area contributed by atoms with Gasteiger partial charge in [-0.15, -0.1) is 0 Å². The van der Waals surface area contributed by atoms with Crippen molar-refractivity contribution in [1.29, 1.82) is 0 Å². The average molecular weight is 673 g/mol. The summed E-state index contributed by atoms with van der Waals surface area (Å²) in [6.07, 6.45) is -5.58. The second-order valence-corrected chi connectivity index (χ2v) is 12.8. The largest absolute Gasteiger partial charge is 0.508 e. The molecule has 2 fully saturated rings. The van der Waals surface area contributed by atoms with Crippen molar-refractivity contribution < 1.29 is 44.6 Å². The van der Waals surface area contributed by atoms with Gasteiger partial charge in [0.1, 0.15) is 42.1 Å². The average Bonchev–Trinajstić information content (AvgIpc) is 3.36. The molecule has 1 unspecified atom stereocenters. The van der Waals surface area contributed by atoms with Gasteiger partial charge in [-0.25, -0.2) is 9.18 Å². The summed E-state index contributed by atoms with van der Waals surface area (Å²) in [6.45, 7) is -0.520. The maximum absolute atomic E-state index is 13.7. The third-order valence-electron chi connectivity index (χ3n) is 9.73. The number of aliphatic hydroxyl groups excluding tert-OH is 5. The predicted octanol–water partition coefficient (Wildman–Crippen LogP) is 4.60. The van der Waals surface area contributed by atoms with E-state index in [4.69, 9.17) is 4.74 Å². The molecule has 0 spiro atoms. The lowest BCUT2D eigenvalue weighted by atomic mass is 9.89. The number of benzene rings is 4. The van der Waals surface area contributed by atoms with Crippen molar-refractivity contribution in [2.45, 2.75) is 68.0 Å². The maximum Gasteiger partial charge on any atom is 0.325 e. The van der Waals surface area contributed by atoms with E-state index in [0.717, 1.165) is 5.56 Å². The van der Waals surface area contributed by atoms with Gasteiger partial charge in [0, 0.05) is 18.3 Å². The van der Waals surface area contributed by atoms with Gasteiger partial charge in [-0.3, -0.25) is 4.90 Å². The Kier molecular flexibility index (Phi) is 10.3. The minimum absolute atomic E-state index is 0.000822. The van der Waals surface area contributed by atoms with Crippen molar-refractivity contribution in [1.82, 2.24) is 4.90 Å². The van der Waals surface area contributed by atoms with Crippen molar-refractivity contribution in [3.05, 3.63) is 120 Å². The molecular weight excluding hydrogens is 631 g/mol. The SMILES string of the molecule is CN1C(=O)N(c2ccccc2)[C@H](c2ccc(-c3ccc([C@@H]4O[C@H](CO)[C@@H](O)[C@H](O)[C@H]4O)cc3)cc2O)[C@H]1CCCC(O)c1ccc(F)cc1. The van der Waals surface area contributed by atoms with Crippen molar-refractivity contribution in [2.75, 3.05) is 18.6 Å². The van der Waals surface area contributed by atoms with E-state index in [2.05, 4.69) is 0 Å². The molecule has 4 aromatic rings. The Morgan fingerprint density at radius 3 is 2.18 bits per heavy atom. The highest BCUT2D eigenvalue weighted by atomic mass is 19.1. The molecule has 0 saturated carbocycles. The number of hydrogen-bond donors (Lipinski definition) is 6. The van der Waals surface area contributed by atoms with Gasteiger partial charge in [0.05, 0.1) is 24.8 Å². The van der Waals surface area contributed by atoms with Crippen LogP contribution >= 0.6 is 0 Å². The van der Waals surface area contributed by atoms with Crippen LogP contribution in [0.3, 0.4) is 0 Å². The second-order valence-electron chi connectivity index (χ2n) is 12.8. The predicted molar refractivity (Wildman–Crippen MR) is 180 cm³/mol. The molecule has 0 radical (unpaired) electrons. The number of para-hydroxylation sites is 1. The van der Waals surface area contributed by atoms with E-state index in [-0.39, 0.29) is 23.6 Å². The first-order valence-corrected chi connectivity index (χ1v) is 16.4. The molecule has 0 bridgehead atoms. The molecule has 6 rings (SSSR count). The number of hydrogen-bond acceptors (Lipinski definition) is 8. The van der Waals surface area contributed by atoms with E-state index < -0.39 is 49.3 Å². The Bertz CT molecular complexity index is 1720. The van der Waals surface area contributed by atoms with E-state index >= 15 is 0 Å². The van der Waals surface area contributed by atoms with E-state index in [0.29, 0.717) is 47.2 Å². The smallest absolute Gasteiger partial charge is 0.325 e. The van der Waals surface area contributed by atoms with Crippen LogP contribution in [0.5, 0.6) is 5.75 Å². The Morgan fingerprint density at radius 2 is 1.53 bits per heavy atom. The number of phenols is 1. The number of amides is 2. The number of nitrogens with zero attached hydrogens (tertiary/aromatic N) is 2. The summed E-state index contributed by atoms with van der Waals surface area (Å²) in [5, 5.41) is 62.7. The summed E-state index contributed by atoms with van der Waals surface area (Å²) >= 11 is 0. The number of aliphatic hydroxyl groups is 5. The molecular formula is C38H41FN2O8. The fraction of sp³-hybridized carbons (Fsp3) is 0.342. The van der Waals surface area contributed by atoms with Gasteiger partial charge in [-0.2, -0.15) is 0 Å². The van der Waals surface area contributed by atoms with Crippen LogP contribution < -0.4 is 4.90 Å². The van der Waals surface area contributed by atoms with Crippen LogP contribution in [-0.2, 0) is 4.74 Å². The van der Waals surface area contributed by atoms with E-state index in [9.17, 15) is 39.8 Å². The Labute approximate surface area is 283 Å². The van der Waals surface area contributed by atoms with Crippen LogP contribution in [0, 0.1) is 5.82 Å². The number of rotatable bonds is 10. The molecule has 2 heterocycles. The quantitative estimate of drug-likeness (QED) is 0.143. The van der Waals surface area contributed by atoms with Crippen LogP contribution in [0.2, 0.25) is 0 Å². The molecule has 6 N–H and O–H groups in total. The zero-order valence-corrected chi connectivity index (χ0v) is 27.0. The van der Waals surface area contributed by atoms with Crippen molar-refractivity contribution >= 4 is 11.7 Å². The zero-order valence-electron chi connectivity index (χ0n) is 27.0. The molecule has 2 amide bonds. The summed E-state index contributed by atoms with van der Waals surface area (Å²) in [7, 11) is 1.74. The number of phenolic OH excluding ortho intramolecular Hbond substituents is 1. The van der Waals surface area contributed by atoms with Gasteiger partial charge in [0.15, 0.2) is 0 Å². The molecule has 0 aromatic heterocycles. The molecule has 2 saturated heterocycles. The molecule has 11 heteroatoms. The van der Waals surface area contributed by atoms with Gasteiger partial charge in [-0.1, -0.05) is 66.7 Å². The number of aromatic hydroxyl groups is 1. The minimum Gasteiger partial charge on any atom is -0.508 e. The molecule has 10 nitrogen and oxygen atoms in total. The van der Waals surface area contributed by atoms with Gasteiger partial charge >= 0.3 is 6.03 Å². The number of ether oxygens (including phenoxy) is 1. The third-order valence-corrected chi connectivity index (χ3v) is 9.73. The highest BCUT2D eigenvalue weighted by Crippen LogP contribution is 2.44. The second kappa shape index (κ2) is 14.6. The zero-order chi connectivity index (χ0) is 34.8. The lowest BCUT2D eigenvalue weighted by molar-refractivity contribution is -0.231. The standard InChI is InChI=1S/C38H41FN2O8/c1-40-29(8-5-9-30(43)23-14-17-26(39)18-15-23)33(41(38(40)48)27-6-3-2-4-7-27)28-19-16-25(20-31(28)44)22-10-12-24(13-11-22)37-36(47)35(46)34(45)32(21-42)49-37/h2-4,6-7,10-20,29-30,32-37,42-47H,5,8-9,21H2,1H3/t29-,30?,32-,33-,34-,35+,36-,37+/m1/s1. The van der Waals surface area contributed by atoms with E-state index in [1.54, 1.807) is 59.3 Å². The number of anilines is 1. The fourth-order valence-electron chi connectivity index (χ4n) is 6.96. The lowest BCUT2D eigenvalue weighted by Gasteiger charge is -2.40. The molecule has 2 aliphatic rings. The summed E-state index contributed by atoms with van der Waals surface area (Å²) in [5.41, 5.74) is 3.86. The Balaban J connectivity index is 1.25. The third kappa shape index (κ3) is 6.91. The molecule has 0 aliphatic carbocycles. The maximum atomic E-state index is 13.7. The van der Waals surface area contributed by atoms with Crippen LogP contribution in [0.4, 0.5) is 14.9 Å². The van der Waals surface area contributed by atoms with Crippen LogP contribution in [-0.4, -0.2) is 85.7 Å². The van der Waals surface area contributed by atoms with Crippen molar-refractivity contribution in [3.63, 3.8) is 0 Å². The number of carbonyl (C=O) groups excluding carboxylic acids is 1. The molecule has 49 heavy (non-hydrogen) atoms. The van der Waals surface area contributed by atoms with Gasteiger partial charge in [-0.05, 0) is 71.8 Å². The molecule has 2 aliphatic heterocycles. The monoisotopic (exact) mass is 672 g/mol. The molecule has 8 atom stereocenters. The summed E-state index contributed by atoms with van der Waals surface area (Å²) < 4.78 is 19.1. The molecule has 4 aromatic carbocycles. The molecule has 258 valence electrons. The number of urea groups is 1. The Hall–Kier alpha value is -4.36. The van der Waals surface area contributed by atoms with Gasteiger partial charge in [0.25, 0.3) is 0 Å². The van der Waals surface area contributed by atoms with Crippen LogP contribution in [0.25, 0.3) is 11.1 Å². The fourth-order valence-corrected chi connectivity index (χ4v) is 6.96. The van der Waals surface area contributed by atoms with Crippen molar-refractivity contribution in [2.24, 2.45) is 0 Å². The summed E-state index contributed by atoms with van der Waals surface area (Å²) in [5.74, 6) is -0.373. The van der Waals surface area contributed by atoms with Crippen LogP contribution in [0.1, 0.15) is 54.2 Å². The van der Waals surface area contributed by atoms with Crippen molar-refractivity contribution in [3.8, 4) is 16.9 Å². The summed E-state index contributed by atoms with van der Waals surface area (Å²) in [6, 6.07) is 26.2. The highest BCUT2D eigenvalue weighted by molar-refractivity contribution is 5.96.